The van der Waals surface area contributed by atoms with Gasteiger partial charge < -0.3 is 9.67 Å². The number of aryl methyl sites for hydroxylation is 1. The van der Waals surface area contributed by atoms with Crippen molar-refractivity contribution in [1.29, 1.82) is 0 Å². The van der Waals surface area contributed by atoms with Crippen LogP contribution in [0.1, 0.15) is 48.8 Å². The van der Waals surface area contributed by atoms with Crippen LogP contribution >= 0.6 is 0 Å². The fourth-order valence-corrected chi connectivity index (χ4v) is 2.95. The van der Waals surface area contributed by atoms with E-state index in [0.717, 1.165) is 43.7 Å². The van der Waals surface area contributed by atoms with Gasteiger partial charge in [-0.3, -0.25) is 4.79 Å². The molecular weight excluding hydrogens is 204 g/mol. The van der Waals surface area contributed by atoms with Gasteiger partial charge in [0.15, 0.2) is 0 Å². The average molecular weight is 220 g/mol. The van der Waals surface area contributed by atoms with Gasteiger partial charge in [0.1, 0.15) is 11.7 Å². The smallest absolute Gasteiger partial charge is 0.314 e. The van der Waals surface area contributed by atoms with E-state index in [2.05, 4.69) is 9.55 Å². The number of aliphatic carboxylic acids is 1. The summed E-state index contributed by atoms with van der Waals surface area (Å²) in [6.07, 6.45) is 6.23. The third-order valence-corrected chi connectivity index (χ3v) is 3.75. The first-order valence-corrected chi connectivity index (χ1v) is 6.08. The normalized spacial score (nSPS) is 23.6. The first-order chi connectivity index (χ1) is 7.77. The highest BCUT2D eigenvalue weighted by molar-refractivity contribution is 5.75. The zero-order valence-electron chi connectivity index (χ0n) is 9.28. The Hall–Kier alpha value is -1.32. The molecule has 86 valence electrons. The van der Waals surface area contributed by atoms with Gasteiger partial charge >= 0.3 is 5.97 Å². The van der Waals surface area contributed by atoms with Gasteiger partial charge in [-0.05, 0) is 38.5 Å². The molecule has 0 aromatic carbocycles. The standard InChI is InChI=1S/C12H16N2O2/c15-12(16)8-4-3-7-14-10-6-2-1-5-9(10)13-11(8)14/h8H,1-7H2,(H,15,16)/t8-/m0/s1. The molecule has 1 atom stereocenters. The van der Waals surface area contributed by atoms with Crippen molar-refractivity contribution >= 4 is 5.97 Å². The molecule has 0 bridgehead atoms. The highest BCUT2D eigenvalue weighted by Gasteiger charge is 2.31. The van der Waals surface area contributed by atoms with Crippen LogP contribution in [0.25, 0.3) is 0 Å². The van der Waals surface area contributed by atoms with Crippen LogP contribution in [0, 0.1) is 0 Å². The van der Waals surface area contributed by atoms with Crippen LogP contribution in [0.2, 0.25) is 0 Å². The highest BCUT2D eigenvalue weighted by atomic mass is 16.4. The van der Waals surface area contributed by atoms with Crippen LogP contribution < -0.4 is 0 Å². The molecule has 0 fully saturated rings. The molecule has 1 aromatic rings. The van der Waals surface area contributed by atoms with Gasteiger partial charge in [0, 0.05) is 12.2 Å². The zero-order chi connectivity index (χ0) is 11.1. The molecule has 4 nitrogen and oxygen atoms in total. The second-order valence-corrected chi connectivity index (χ2v) is 4.76. The lowest BCUT2D eigenvalue weighted by molar-refractivity contribution is -0.139. The van der Waals surface area contributed by atoms with E-state index < -0.39 is 5.97 Å². The maximum atomic E-state index is 11.2. The molecule has 1 aliphatic heterocycles. The maximum Gasteiger partial charge on any atom is 0.314 e. The number of hydrogen-bond donors (Lipinski definition) is 1. The van der Waals surface area contributed by atoms with Crippen LogP contribution in [0.4, 0.5) is 0 Å². The summed E-state index contributed by atoms with van der Waals surface area (Å²) in [5.74, 6) is -0.284. The van der Waals surface area contributed by atoms with Crippen LogP contribution in [0.15, 0.2) is 0 Å². The summed E-state index contributed by atoms with van der Waals surface area (Å²) in [6, 6.07) is 0. The molecule has 0 spiro atoms. The highest BCUT2D eigenvalue weighted by Crippen LogP contribution is 2.32. The van der Waals surface area contributed by atoms with Crippen LogP contribution in [-0.4, -0.2) is 20.6 Å². The summed E-state index contributed by atoms with van der Waals surface area (Å²) in [7, 11) is 0. The van der Waals surface area contributed by atoms with Gasteiger partial charge in [-0.1, -0.05) is 0 Å². The Balaban J connectivity index is 2.08. The Labute approximate surface area is 94.3 Å². The molecule has 1 aliphatic carbocycles. The SMILES string of the molecule is O=C(O)[C@H]1CCCn2c1nc1c2CCCC1. The van der Waals surface area contributed by atoms with Crippen molar-refractivity contribution in [2.24, 2.45) is 0 Å². The molecule has 2 aliphatic rings. The van der Waals surface area contributed by atoms with E-state index in [1.165, 1.54) is 18.5 Å². The molecule has 1 N–H and O–H groups in total. The molecule has 16 heavy (non-hydrogen) atoms. The lowest BCUT2D eigenvalue weighted by Crippen LogP contribution is -2.23. The quantitative estimate of drug-likeness (QED) is 0.784. The zero-order valence-corrected chi connectivity index (χ0v) is 9.28. The van der Waals surface area contributed by atoms with E-state index in [-0.39, 0.29) is 5.92 Å². The number of carboxylic acids is 1. The van der Waals surface area contributed by atoms with Crippen LogP contribution in [-0.2, 0) is 24.2 Å². The predicted octanol–water partition coefficient (Wildman–Crippen LogP) is 1.72. The Bertz CT molecular complexity index is 436. The number of hydrogen-bond acceptors (Lipinski definition) is 2. The first kappa shape index (κ1) is 9.87. The average Bonchev–Trinajstić information content (AvgIpc) is 2.67. The summed E-state index contributed by atoms with van der Waals surface area (Å²) in [5, 5.41) is 9.19. The van der Waals surface area contributed by atoms with Crippen molar-refractivity contribution in [2.75, 3.05) is 0 Å². The first-order valence-electron chi connectivity index (χ1n) is 6.08. The van der Waals surface area contributed by atoms with Gasteiger partial charge in [0.25, 0.3) is 0 Å². The Morgan fingerprint density at radius 2 is 2.12 bits per heavy atom. The molecular formula is C12H16N2O2. The minimum atomic E-state index is -0.719. The Morgan fingerprint density at radius 3 is 2.94 bits per heavy atom. The summed E-state index contributed by atoms with van der Waals surface area (Å²) >= 11 is 0. The van der Waals surface area contributed by atoms with Crippen molar-refractivity contribution in [2.45, 2.75) is 51.0 Å². The number of imidazole rings is 1. The number of fused-ring (bicyclic) bond motifs is 3. The molecule has 0 saturated heterocycles. The van der Waals surface area contributed by atoms with Gasteiger partial charge in [-0.15, -0.1) is 0 Å². The topological polar surface area (TPSA) is 55.1 Å². The monoisotopic (exact) mass is 220 g/mol. The van der Waals surface area contributed by atoms with Crippen LogP contribution in [0.3, 0.4) is 0 Å². The van der Waals surface area contributed by atoms with Crippen molar-refractivity contribution in [3.63, 3.8) is 0 Å². The van der Waals surface area contributed by atoms with Gasteiger partial charge in [0.2, 0.25) is 0 Å². The lowest BCUT2D eigenvalue weighted by atomic mass is 9.98. The summed E-state index contributed by atoms with van der Waals surface area (Å²) in [6.45, 7) is 0.960. The molecule has 0 unspecified atom stereocenters. The second kappa shape index (κ2) is 3.61. The third kappa shape index (κ3) is 1.36. The molecule has 0 saturated carbocycles. The molecule has 1 aromatic heterocycles. The summed E-state index contributed by atoms with van der Waals surface area (Å²) < 4.78 is 2.18. The lowest BCUT2D eigenvalue weighted by Gasteiger charge is -2.22. The van der Waals surface area contributed by atoms with Gasteiger partial charge in [0.05, 0.1) is 5.69 Å². The van der Waals surface area contributed by atoms with Crippen LogP contribution in [0.5, 0.6) is 0 Å². The van der Waals surface area contributed by atoms with Crippen molar-refractivity contribution in [3.05, 3.63) is 17.2 Å². The summed E-state index contributed by atoms with van der Waals surface area (Å²) in [5.41, 5.74) is 2.47. The maximum absolute atomic E-state index is 11.2. The number of rotatable bonds is 1. The number of nitrogens with zero attached hydrogens (tertiary/aromatic N) is 2. The largest absolute Gasteiger partial charge is 0.481 e. The summed E-state index contributed by atoms with van der Waals surface area (Å²) in [4.78, 5) is 15.8. The van der Waals surface area contributed by atoms with E-state index in [4.69, 9.17) is 0 Å². The van der Waals surface area contributed by atoms with Crippen molar-refractivity contribution < 1.29 is 9.90 Å². The van der Waals surface area contributed by atoms with E-state index >= 15 is 0 Å². The molecule has 0 amide bonds. The number of carbonyl (C=O) groups is 1. The van der Waals surface area contributed by atoms with Gasteiger partial charge in [-0.2, -0.15) is 0 Å². The predicted molar refractivity (Wildman–Crippen MR) is 58.5 cm³/mol. The van der Waals surface area contributed by atoms with Crippen molar-refractivity contribution in [1.82, 2.24) is 9.55 Å². The molecule has 0 radical (unpaired) electrons. The number of aromatic nitrogens is 2. The number of carboxylic acid groups (broad SMARTS) is 1. The van der Waals surface area contributed by atoms with E-state index in [0.29, 0.717) is 0 Å². The van der Waals surface area contributed by atoms with Gasteiger partial charge in [-0.25, -0.2) is 4.98 Å². The third-order valence-electron chi connectivity index (χ3n) is 3.75. The second-order valence-electron chi connectivity index (χ2n) is 4.76. The van der Waals surface area contributed by atoms with E-state index in [1.807, 2.05) is 0 Å². The minimum Gasteiger partial charge on any atom is -0.481 e. The molecule has 2 heterocycles. The van der Waals surface area contributed by atoms with Crippen molar-refractivity contribution in [3.8, 4) is 0 Å². The fourth-order valence-electron chi connectivity index (χ4n) is 2.95. The van der Waals surface area contributed by atoms with E-state index in [9.17, 15) is 9.90 Å². The molecule has 4 heteroatoms. The van der Waals surface area contributed by atoms with E-state index in [1.54, 1.807) is 0 Å². The minimum absolute atomic E-state index is 0.376. The molecule has 3 rings (SSSR count). The Kier molecular flexibility index (Phi) is 2.23. The Morgan fingerprint density at radius 1 is 1.31 bits per heavy atom. The fraction of sp³-hybridized carbons (Fsp3) is 0.667.